The molecule has 84 valence electrons. The summed E-state index contributed by atoms with van der Waals surface area (Å²) < 4.78 is 39.1. The van der Waals surface area contributed by atoms with Gasteiger partial charge in [-0.25, -0.2) is 17.9 Å². The monoisotopic (exact) mass is 234 g/mol. The maximum atomic E-state index is 12.5. The standard InChI is InChI=1S/C8H11FN2O3S/c1-14-8(5-15(10,12)13)7-3-2-6(9)4-11-7/h2-4,8H,5H2,1H3,(H2,10,12,13). The molecule has 0 spiro atoms. The maximum Gasteiger partial charge on any atom is 0.212 e. The number of methoxy groups -OCH3 is 1. The van der Waals surface area contributed by atoms with E-state index in [1.165, 1.54) is 19.2 Å². The first-order valence-corrected chi connectivity index (χ1v) is 5.78. The summed E-state index contributed by atoms with van der Waals surface area (Å²) in [6.45, 7) is 0. The normalized spacial score (nSPS) is 13.8. The van der Waals surface area contributed by atoms with E-state index in [-0.39, 0.29) is 5.75 Å². The lowest BCUT2D eigenvalue weighted by Gasteiger charge is -2.12. The van der Waals surface area contributed by atoms with Crippen LogP contribution in [0.5, 0.6) is 0 Å². The second kappa shape index (κ2) is 4.65. The van der Waals surface area contributed by atoms with Crippen LogP contribution in [-0.4, -0.2) is 26.3 Å². The molecule has 1 aromatic rings. The van der Waals surface area contributed by atoms with Crippen molar-refractivity contribution in [3.05, 3.63) is 29.8 Å². The fourth-order valence-electron chi connectivity index (χ4n) is 1.06. The average molecular weight is 234 g/mol. The molecule has 0 fully saturated rings. The van der Waals surface area contributed by atoms with Gasteiger partial charge in [-0.3, -0.25) is 4.98 Å². The predicted octanol–water partition coefficient (Wildman–Crippen LogP) is 0.197. The number of nitrogens with zero attached hydrogens (tertiary/aromatic N) is 1. The highest BCUT2D eigenvalue weighted by atomic mass is 32.2. The van der Waals surface area contributed by atoms with Gasteiger partial charge in [-0.15, -0.1) is 0 Å². The predicted molar refractivity (Wildman–Crippen MR) is 51.9 cm³/mol. The number of halogens is 1. The third-order valence-electron chi connectivity index (χ3n) is 1.75. The van der Waals surface area contributed by atoms with Gasteiger partial charge < -0.3 is 4.74 Å². The highest BCUT2D eigenvalue weighted by molar-refractivity contribution is 7.89. The molecule has 0 aliphatic heterocycles. The molecule has 0 saturated heterocycles. The molecule has 0 radical (unpaired) electrons. The Bertz CT molecular complexity index is 418. The summed E-state index contributed by atoms with van der Waals surface area (Å²) >= 11 is 0. The van der Waals surface area contributed by atoms with Gasteiger partial charge in [0.05, 0.1) is 17.6 Å². The van der Waals surface area contributed by atoms with Crippen LogP contribution < -0.4 is 5.14 Å². The van der Waals surface area contributed by atoms with Gasteiger partial charge in [-0.2, -0.15) is 0 Å². The second-order valence-electron chi connectivity index (χ2n) is 2.96. The van der Waals surface area contributed by atoms with Crippen molar-refractivity contribution in [3.8, 4) is 0 Å². The van der Waals surface area contributed by atoms with Crippen LogP contribution in [0, 0.1) is 5.82 Å². The van der Waals surface area contributed by atoms with E-state index in [1.54, 1.807) is 0 Å². The van der Waals surface area contributed by atoms with E-state index in [1.807, 2.05) is 0 Å². The van der Waals surface area contributed by atoms with Gasteiger partial charge in [0, 0.05) is 7.11 Å². The molecule has 0 saturated carbocycles. The summed E-state index contributed by atoms with van der Waals surface area (Å²) in [5.74, 6) is -0.883. The number of hydrogen-bond donors (Lipinski definition) is 1. The fraction of sp³-hybridized carbons (Fsp3) is 0.375. The lowest BCUT2D eigenvalue weighted by atomic mass is 10.2. The lowest BCUT2D eigenvalue weighted by molar-refractivity contribution is 0.118. The summed E-state index contributed by atoms with van der Waals surface area (Å²) in [6.07, 6.45) is 0.213. The number of rotatable bonds is 4. The first-order chi connectivity index (χ1) is 6.92. The Morgan fingerprint density at radius 1 is 1.60 bits per heavy atom. The first kappa shape index (κ1) is 12.0. The van der Waals surface area contributed by atoms with Crippen molar-refractivity contribution in [2.24, 2.45) is 5.14 Å². The van der Waals surface area contributed by atoms with Crippen molar-refractivity contribution in [1.29, 1.82) is 0 Å². The summed E-state index contributed by atoms with van der Waals surface area (Å²) in [5.41, 5.74) is 0.327. The summed E-state index contributed by atoms with van der Waals surface area (Å²) in [7, 11) is -2.32. The molecule has 1 aromatic heterocycles. The molecular formula is C8H11FN2O3S. The Balaban J connectivity index is 2.88. The zero-order chi connectivity index (χ0) is 11.5. The van der Waals surface area contributed by atoms with Crippen molar-refractivity contribution in [2.75, 3.05) is 12.9 Å². The van der Waals surface area contributed by atoms with Crippen molar-refractivity contribution in [3.63, 3.8) is 0 Å². The summed E-state index contributed by atoms with van der Waals surface area (Å²) in [6, 6.07) is 2.53. The zero-order valence-corrected chi connectivity index (χ0v) is 8.87. The molecule has 1 heterocycles. The zero-order valence-electron chi connectivity index (χ0n) is 8.05. The number of sulfonamides is 1. The molecule has 0 aliphatic rings. The third-order valence-corrected chi connectivity index (χ3v) is 2.52. The fourth-order valence-corrected chi connectivity index (χ4v) is 1.79. The minimum absolute atomic E-state index is 0.327. The van der Waals surface area contributed by atoms with Crippen LogP contribution in [0.25, 0.3) is 0 Å². The molecule has 7 heteroatoms. The number of ether oxygens (including phenoxy) is 1. The molecule has 0 amide bonds. The SMILES string of the molecule is COC(CS(N)(=O)=O)c1ccc(F)cn1. The number of aromatic nitrogens is 1. The Morgan fingerprint density at radius 3 is 2.67 bits per heavy atom. The van der Waals surface area contributed by atoms with E-state index >= 15 is 0 Å². The van der Waals surface area contributed by atoms with Crippen molar-refractivity contribution in [1.82, 2.24) is 4.98 Å². The molecule has 5 nitrogen and oxygen atoms in total. The number of nitrogens with two attached hydrogens (primary N) is 1. The molecule has 15 heavy (non-hydrogen) atoms. The molecule has 1 atom stereocenters. The van der Waals surface area contributed by atoms with Crippen LogP contribution in [-0.2, 0) is 14.8 Å². The minimum atomic E-state index is -3.65. The van der Waals surface area contributed by atoms with E-state index in [9.17, 15) is 12.8 Å². The van der Waals surface area contributed by atoms with Gasteiger partial charge in [0.2, 0.25) is 10.0 Å². The Labute approximate surface area is 87.1 Å². The van der Waals surface area contributed by atoms with Gasteiger partial charge >= 0.3 is 0 Å². The van der Waals surface area contributed by atoms with Gasteiger partial charge in [-0.05, 0) is 12.1 Å². The number of hydrogen-bond acceptors (Lipinski definition) is 4. The molecule has 0 aromatic carbocycles. The van der Waals surface area contributed by atoms with E-state index in [0.29, 0.717) is 5.69 Å². The van der Waals surface area contributed by atoms with Crippen LogP contribution in [0.3, 0.4) is 0 Å². The van der Waals surface area contributed by atoms with Crippen molar-refractivity contribution >= 4 is 10.0 Å². The van der Waals surface area contributed by atoms with Crippen LogP contribution in [0.2, 0.25) is 0 Å². The van der Waals surface area contributed by atoms with E-state index in [0.717, 1.165) is 6.20 Å². The molecular weight excluding hydrogens is 223 g/mol. The first-order valence-electron chi connectivity index (χ1n) is 4.07. The Kier molecular flexibility index (Phi) is 3.72. The summed E-state index contributed by atoms with van der Waals surface area (Å²) in [4.78, 5) is 3.71. The molecule has 1 unspecified atom stereocenters. The van der Waals surface area contributed by atoms with Crippen molar-refractivity contribution in [2.45, 2.75) is 6.10 Å². The van der Waals surface area contributed by atoms with Crippen LogP contribution in [0.15, 0.2) is 18.3 Å². The van der Waals surface area contributed by atoms with Crippen LogP contribution in [0.1, 0.15) is 11.8 Å². The smallest absolute Gasteiger partial charge is 0.212 e. The quantitative estimate of drug-likeness (QED) is 0.806. The third kappa shape index (κ3) is 3.90. The lowest BCUT2D eigenvalue weighted by Crippen LogP contribution is -2.23. The largest absolute Gasteiger partial charge is 0.374 e. The van der Waals surface area contributed by atoms with Gasteiger partial charge in [-0.1, -0.05) is 0 Å². The van der Waals surface area contributed by atoms with E-state index in [4.69, 9.17) is 9.88 Å². The number of pyridine rings is 1. The highest BCUT2D eigenvalue weighted by Crippen LogP contribution is 2.15. The molecule has 0 aliphatic carbocycles. The maximum absolute atomic E-state index is 12.5. The van der Waals surface area contributed by atoms with E-state index in [2.05, 4.69) is 4.98 Å². The highest BCUT2D eigenvalue weighted by Gasteiger charge is 2.18. The van der Waals surface area contributed by atoms with Crippen molar-refractivity contribution < 1.29 is 17.5 Å². The van der Waals surface area contributed by atoms with Gasteiger partial charge in [0.15, 0.2) is 0 Å². The topological polar surface area (TPSA) is 82.3 Å². The molecule has 1 rings (SSSR count). The number of primary sulfonamides is 1. The summed E-state index contributed by atoms with van der Waals surface area (Å²) in [5, 5.41) is 4.87. The minimum Gasteiger partial charge on any atom is -0.374 e. The van der Waals surface area contributed by atoms with Gasteiger partial charge in [0.1, 0.15) is 11.9 Å². The molecule has 0 bridgehead atoms. The van der Waals surface area contributed by atoms with Gasteiger partial charge in [0.25, 0.3) is 0 Å². The van der Waals surface area contributed by atoms with Crippen LogP contribution >= 0.6 is 0 Å². The van der Waals surface area contributed by atoms with Crippen LogP contribution in [0.4, 0.5) is 4.39 Å². The Hall–Kier alpha value is -1.05. The second-order valence-corrected chi connectivity index (χ2v) is 4.61. The molecule has 2 N–H and O–H groups in total. The Morgan fingerprint density at radius 2 is 2.27 bits per heavy atom. The van der Waals surface area contributed by atoms with E-state index < -0.39 is 21.9 Å². The average Bonchev–Trinajstić information content (AvgIpc) is 2.14.